The van der Waals surface area contributed by atoms with Gasteiger partial charge in [0.25, 0.3) is 0 Å². The van der Waals surface area contributed by atoms with Crippen molar-refractivity contribution in [3.63, 3.8) is 0 Å². The van der Waals surface area contributed by atoms with Gasteiger partial charge in [0.2, 0.25) is 0 Å². The molecule has 90 valence electrons. The van der Waals surface area contributed by atoms with Crippen LogP contribution in [0, 0.1) is 6.92 Å². The maximum absolute atomic E-state index is 6.06. The number of hydrogen-bond acceptors (Lipinski definition) is 5. The van der Waals surface area contributed by atoms with E-state index in [0.717, 1.165) is 9.35 Å². The summed E-state index contributed by atoms with van der Waals surface area (Å²) < 4.78 is 0.980. The van der Waals surface area contributed by atoms with Crippen molar-refractivity contribution < 1.29 is 0 Å². The highest BCUT2D eigenvalue weighted by Gasteiger charge is 2.19. The van der Waals surface area contributed by atoms with Crippen LogP contribution in [0.3, 0.4) is 0 Å². The molecular formula is C12H15N3S2. The van der Waals surface area contributed by atoms with Crippen LogP contribution in [-0.4, -0.2) is 16.2 Å². The van der Waals surface area contributed by atoms with Crippen LogP contribution < -0.4 is 5.73 Å². The van der Waals surface area contributed by atoms with Gasteiger partial charge in [-0.15, -0.1) is 10.2 Å². The normalized spacial score (nSPS) is 14.5. The quantitative estimate of drug-likeness (QED) is 0.863. The molecule has 0 saturated carbocycles. The molecule has 17 heavy (non-hydrogen) atoms. The molecule has 2 aromatic rings. The number of thioether (sulfide) groups is 1. The van der Waals surface area contributed by atoms with Gasteiger partial charge in [0.15, 0.2) is 4.34 Å². The predicted octanol–water partition coefficient (Wildman–Crippen LogP) is 3.03. The molecule has 2 rings (SSSR count). The Hall–Kier alpha value is -0.910. The highest BCUT2D eigenvalue weighted by atomic mass is 32.2. The van der Waals surface area contributed by atoms with Crippen LogP contribution in [-0.2, 0) is 0 Å². The van der Waals surface area contributed by atoms with Crippen LogP contribution >= 0.6 is 23.1 Å². The number of rotatable bonds is 4. The predicted molar refractivity (Wildman–Crippen MR) is 73.3 cm³/mol. The van der Waals surface area contributed by atoms with E-state index in [-0.39, 0.29) is 11.3 Å². The van der Waals surface area contributed by atoms with Gasteiger partial charge in [-0.2, -0.15) is 0 Å². The number of benzene rings is 1. The summed E-state index contributed by atoms with van der Waals surface area (Å²) in [5.41, 5.74) is 7.30. The number of nitrogens with zero attached hydrogens (tertiary/aromatic N) is 2. The molecule has 2 N–H and O–H groups in total. The molecule has 0 aliphatic rings. The Bertz CT molecular complexity index is 468. The Morgan fingerprint density at radius 1 is 1.24 bits per heavy atom. The van der Waals surface area contributed by atoms with Crippen molar-refractivity contribution >= 4 is 23.1 Å². The summed E-state index contributed by atoms with van der Waals surface area (Å²) >= 11 is 3.30. The van der Waals surface area contributed by atoms with Crippen LogP contribution in [0.5, 0.6) is 0 Å². The minimum atomic E-state index is 0.0756. The van der Waals surface area contributed by atoms with E-state index in [9.17, 15) is 0 Å². The fourth-order valence-electron chi connectivity index (χ4n) is 1.56. The smallest absolute Gasteiger partial charge is 0.174 e. The summed E-state index contributed by atoms with van der Waals surface area (Å²) in [5.74, 6) is 0. The Labute approximate surface area is 109 Å². The van der Waals surface area contributed by atoms with Crippen molar-refractivity contribution in [2.75, 3.05) is 0 Å². The van der Waals surface area contributed by atoms with E-state index < -0.39 is 0 Å². The lowest BCUT2D eigenvalue weighted by atomic mass is 10.1. The molecule has 2 atom stereocenters. The monoisotopic (exact) mass is 265 g/mol. The zero-order valence-electron chi connectivity index (χ0n) is 9.83. The van der Waals surface area contributed by atoms with Gasteiger partial charge < -0.3 is 5.73 Å². The molecule has 3 nitrogen and oxygen atoms in total. The molecule has 0 amide bonds. The van der Waals surface area contributed by atoms with Gasteiger partial charge >= 0.3 is 0 Å². The van der Waals surface area contributed by atoms with Gasteiger partial charge in [0.05, 0.1) is 5.25 Å². The van der Waals surface area contributed by atoms with Crippen molar-refractivity contribution in [3.8, 4) is 0 Å². The lowest BCUT2D eigenvalue weighted by Crippen LogP contribution is -2.22. The second kappa shape index (κ2) is 5.62. The maximum Gasteiger partial charge on any atom is 0.174 e. The van der Waals surface area contributed by atoms with Gasteiger partial charge in [-0.25, -0.2) is 0 Å². The minimum absolute atomic E-state index is 0.0756. The molecule has 1 aromatic heterocycles. The lowest BCUT2D eigenvalue weighted by Gasteiger charge is -2.19. The molecular weight excluding hydrogens is 250 g/mol. The summed E-state index contributed by atoms with van der Waals surface area (Å²) in [5, 5.41) is 9.38. The van der Waals surface area contributed by atoms with Crippen LogP contribution in [0.25, 0.3) is 0 Å². The van der Waals surface area contributed by atoms with Crippen LogP contribution in [0.1, 0.15) is 22.7 Å². The van der Waals surface area contributed by atoms with E-state index >= 15 is 0 Å². The van der Waals surface area contributed by atoms with E-state index in [1.54, 1.807) is 23.1 Å². The number of hydrogen-bond donors (Lipinski definition) is 1. The molecule has 1 aromatic carbocycles. The zero-order chi connectivity index (χ0) is 12.3. The van der Waals surface area contributed by atoms with Gasteiger partial charge in [0, 0.05) is 6.04 Å². The number of aromatic nitrogens is 2. The molecule has 0 fully saturated rings. The molecule has 0 bridgehead atoms. The Morgan fingerprint density at radius 3 is 2.47 bits per heavy atom. The average molecular weight is 265 g/mol. The fourth-order valence-corrected chi connectivity index (χ4v) is 3.65. The highest BCUT2D eigenvalue weighted by molar-refractivity contribution is 8.01. The molecule has 0 saturated heterocycles. The fraction of sp³-hybridized carbons (Fsp3) is 0.333. The third kappa shape index (κ3) is 3.28. The second-order valence-corrected chi connectivity index (χ2v) is 6.47. The third-order valence-electron chi connectivity index (χ3n) is 2.34. The van der Waals surface area contributed by atoms with E-state index in [1.165, 1.54) is 5.56 Å². The van der Waals surface area contributed by atoms with Gasteiger partial charge in [-0.05, 0) is 19.4 Å². The first kappa shape index (κ1) is 12.5. The summed E-state index contributed by atoms with van der Waals surface area (Å²) in [4.78, 5) is 0. The average Bonchev–Trinajstić information content (AvgIpc) is 2.73. The molecule has 0 aliphatic heterocycles. The van der Waals surface area contributed by atoms with Gasteiger partial charge in [-0.3, -0.25) is 0 Å². The van der Waals surface area contributed by atoms with E-state index in [4.69, 9.17) is 5.73 Å². The Kier molecular flexibility index (Phi) is 4.15. The number of nitrogens with two attached hydrogens (primary N) is 1. The standard InChI is InChI=1S/C12H15N3S2/c1-8(13)11(10-6-4-3-5-7-10)17-12-15-14-9(2)16-12/h3-8,11H,13H2,1-2H3. The van der Waals surface area contributed by atoms with E-state index in [2.05, 4.69) is 22.3 Å². The SMILES string of the molecule is Cc1nnc(SC(c2ccccc2)C(C)N)s1. The maximum atomic E-state index is 6.06. The van der Waals surface area contributed by atoms with Gasteiger partial charge in [0.1, 0.15) is 5.01 Å². The Balaban J connectivity index is 2.19. The Morgan fingerprint density at radius 2 is 1.94 bits per heavy atom. The van der Waals surface area contributed by atoms with Crippen LogP contribution in [0.15, 0.2) is 34.7 Å². The summed E-state index contributed by atoms with van der Waals surface area (Å²) in [6.07, 6.45) is 0. The van der Waals surface area contributed by atoms with Crippen molar-refractivity contribution in [1.82, 2.24) is 10.2 Å². The topological polar surface area (TPSA) is 51.8 Å². The minimum Gasteiger partial charge on any atom is -0.327 e. The van der Waals surface area contributed by atoms with Crippen LogP contribution in [0.2, 0.25) is 0 Å². The first-order valence-electron chi connectivity index (χ1n) is 5.44. The van der Waals surface area contributed by atoms with E-state index in [1.807, 2.05) is 32.0 Å². The van der Waals surface area contributed by atoms with Gasteiger partial charge in [-0.1, -0.05) is 53.4 Å². The summed E-state index contributed by atoms with van der Waals surface area (Å²) in [6.45, 7) is 3.99. The number of aryl methyl sites for hydroxylation is 1. The summed E-state index contributed by atoms with van der Waals surface area (Å²) in [6, 6.07) is 10.4. The zero-order valence-corrected chi connectivity index (χ0v) is 11.5. The second-order valence-electron chi connectivity index (χ2n) is 3.90. The molecule has 0 radical (unpaired) electrons. The first-order valence-corrected chi connectivity index (χ1v) is 7.13. The third-order valence-corrected chi connectivity index (χ3v) is 4.75. The van der Waals surface area contributed by atoms with E-state index in [0.29, 0.717) is 0 Å². The molecule has 5 heteroatoms. The highest BCUT2D eigenvalue weighted by Crippen LogP contribution is 2.38. The van der Waals surface area contributed by atoms with Crippen molar-refractivity contribution in [3.05, 3.63) is 40.9 Å². The molecule has 0 aliphatic carbocycles. The largest absolute Gasteiger partial charge is 0.327 e. The lowest BCUT2D eigenvalue weighted by molar-refractivity contribution is 0.720. The summed E-state index contributed by atoms with van der Waals surface area (Å²) in [7, 11) is 0. The van der Waals surface area contributed by atoms with Crippen LogP contribution in [0.4, 0.5) is 0 Å². The first-order chi connectivity index (χ1) is 8.16. The van der Waals surface area contributed by atoms with Crippen molar-refractivity contribution in [1.29, 1.82) is 0 Å². The molecule has 0 spiro atoms. The van der Waals surface area contributed by atoms with Crippen molar-refractivity contribution in [2.24, 2.45) is 5.73 Å². The van der Waals surface area contributed by atoms with Crippen molar-refractivity contribution in [2.45, 2.75) is 29.5 Å². The molecule has 1 heterocycles. The molecule has 2 unspecified atom stereocenters.